The molecule has 0 heterocycles. The first kappa shape index (κ1) is 10.5. The lowest BCUT2D eigenvalue weighted by molar-refractivity contribution is -0.114. The van der Waals surface area contributed by atoms with E-state index >= 15 is 0 Å². The maximum atomic E-state index is 9.44. The fourth-order valence-corrected chi connectivity index (χ4v) is 0. The van der Waals surface area contributed by atoms with E-state index in [0.717, 1.165) is 0 Å². The Balaban J connectivity index is 0. The smallest absolute Gasteiger partial charge is 0.126 e. The molecule has 0 saturated carbocycles. The zero-order valence-corrected chi connectivity index (χ0v) is 5.56. The first-order chi connectivity index (χ1) is 3.65. The molecule has 0 spiro atoms. The zero-order valence-electron chi connectivity index (χ0n) is 5.56. The Morgan fingerprint density at radius 1 is 1.62 bits per heavy atom. The molecular weight excluding hydrogens is 106 g/mol. The summed E-state index contributed by atoms with van der Waals surface area (Å²) in [6.07, 6.45) is 0. The highest BCUT2D eigenvalue weighted by Gasteiger charge is 1.62. The van der Waals surface area contributed by atoms with Gasteiger partial charge in [-0.2, -0.15) is 0 Å². The molecule has 2 N–H and O–H groups in total. The molecule has 0 aliphatic rings. The molecule has 0 fully saturated rings. The van der Waals surface area contributed by atoms with Gasteiger partial charge in [0.05, 0.1) is 6.73 Å². The van der Waals surface area contributed by atoms with Crippen LogP contribution < -0.4 is 5.32 Å². The van der Waals surface area contributed by atoms with Crippen LogP contribution in [0.3, 0.4) is 0 Å². The predicted octanol–water partition coefficient (Wildman–Crippen LogP) is -0.249. The summed E-state index contributed by atoms with van der Waals surface area (Å²) in [7, 11) is 1.68. The predicted molar refractivity (Wildman–Crippen MR) is 32.5 cm³/mol. The van der Waals surface area contributed by atoms with Gasteiger partial charge < -0.3 is 9.90 Å². The van der Waals surface area contributed by atoms with Gasteiger partial charge >= 0.3 is 0 Å². The van der Waals surface area contributed by atoms with Crippen LogP contribution in [-0.2, 0) is 4.79 Å². The lowest BCUT2D eigenvalue weighted by Gasteiger charge is -1.76. The van der Waals surface area contributed by atoms with Gasteiger partial charge in [-0.05, 0) is 20.9 Å². The van der Waals surface area contributed by atoms with Crippen molar-refractivity contribution in [3.8, 4) is 0 Å². The van der Waals surface area contributed by atoms with Gasteiger partial charge in [0.15, 0.2) is 0 Å². The van der Waals surface area contributed by atoms with Crippen molar-refractivity contribution >= 4 is 5.78 Å². The van der Waals surface area contributed by atoms with Gasteiger partial charge in [-0.25, -0.2) is 0 Å². The highest BCUT2D eigenvalue weighted by atomic mass is 16.3. The van der Waals surface area contributed by atoms with Gasteiger partial charge in [0, 0.05) is 0 Å². The standard InChI is InChI=1S/C3H6O.C2H7NO/c1-3(2)4;1-3-2-4/h1-2H3;3-4H,2H2,1H3. The van der Waals surface area contributed by atoms with Crippen LogP contribution in [0.4, 0.5) is 0 Å². The summed E-state index contributed by atoms with van der Waals surface area (Å²) in [6, 6.07) is 0. The summed E-state index contributed by atoms with van der Waals surface area (Å²) in [6.45, 7) is 3.12. The zero-order chi connectivity index (χ0) is 6.99. The monoisotopic (exact) mass is 119 g/mol. The molecule has 3 nitrogen and oxygen atoms in total. The van der Waals surface area contributed by atoms with Gasteiger partial charge in [0.25, 0.3) is 0 Å². The van der Waals surface area contributed by atoms with Gasteiger partial charge in [-0.1, -0.05) is 0 Å². The van der Waals surface area contributed by atoms with Crippen molar-refractivity contribution in [2.45, 2.75) is 13.8 Å². The summed E-state index contributed by atoms with van der Waals surface area (Å²) < 4.78 is 0. The molecule has 0 bridgehead atoms. The summed E-state index contributed by atoms with van der Waals surface area (Å²) in [5.74, 6) is 0.167. The van der Waals surface area contributed by atoms with Gasteiger partial charge in [0.2, 0.25) is 0 Å². The Hall–Kier alpha value is -0.410. The molecular formula is C5H13NO2. The fourth-order valence-electron chi connectivity index (χ4n) is 0. The van der Waals surface area contributed by atoms with E-state index in [-0.39, 0.29) is 12.5 Å². The van der Waals surface area contributed by atoms with Crippen molar-refractivity contribution in [1.29, 1.82) is 0 Å². The second kappa shape index (κ2) is 9.77. The molecule has 0 aromatic carbocycles. The van der Waals surface area contributed by atoms with Gasteiger partial charge in [-0.3, -0.25) is 5.32 Å². The average molecular weight is 119 g/mol. The van der Waals surface area contributed by atoms with Crippen LogP contribution in [0.25, 0.3) is 0 Å². The molecule has 0 aliphatic carbocycles. The quantitative estimate of drug-likeness (QED) is 0.468. The topological polar surface area (TPSA) is 49.3 Å². The van der Waals surface area contributed by atoms with Gasteiger partial charge in [-0.15, -0.1) is 0 Å². The van der Waals surface area contributed by atoms with E-state index in [1.165, 1.54) is 13.8 Å². The third-order valence-electron chi connectivity index (χ3n) is 0.158. The van der Waals surface area contributed by atoms with Crippen LogP contribution >= 0.6 is 0 Å². The van der Waals surface area contributed by atoms with Crippen LogP contribution in [0.2, 0.25) is 0 Å². The van der Waals surface area contributed by atoms with Crippen LogP contribution in [0.15, 0.2) is 0 Å². The molecule has 0 unspecified atom stereocenters. The van der Waals surface area contributed by atoms with E-state index < -0.39 is 0 Å². The first-order valence-electron chi connectivity index (χ1n) is 2.37. The lowest BCUT2D eigenvalue weighted by Crippen LogP contribution is -2.04. The van der Waals surface area contributed by atoms with Gasteiger partial charge in [0.1, 0.15) is 5.78 Å². The number of aliphatic hydroxyl groups excluding tert-OH is 1. The summed E-state index contributed by atoms with van der Waals surface area (Å²) >= 11 is 0. The van der Waals surface area contributed by atoms with E-state index in [1.54, 1.807) is 7.05 Å². The number of hydrogen-bond acceptors (Lipinski definition) is 3. The van der Waals surface area contributed by atoms with Crippen molar-refractivity contribution in [3.05, 3.63) is 0 Å². The number of aliphatic hydroxyl groups is 1. The molecule has 0 radical (unpaired) electrons. The van der Waals surface area contributed by atoms with Crippen molar-refractivity contribution in [1.82, 2.24) is 5.32 Å². The Kier molecular flexibility index (Phi) is 12.9. The van der Waals surface area contributed by atoms with E-state index in [9.17, 15) is 4.79 Å². The van der Waals surface area contributed by atoms with E-state index in [0.29, 0.717) is 0 Å². The number of hydrogen-bond donors (Lipinski definition) is 2. The maximum Gasteiger partial charge on any atom is 0.126 e. The molecule has 3 heteroatoms. The van der Waals surface area contributed by atoms with E-state index in [4.69, 9.17) is 5.11 Å². The van der Waals surface area contributed by atoms with Crippen LogP contribution in [0.5, 0.6) is 0 Å². The first-order valence-corrected chi connectivity index (χ1v) is 2.37. The molecule has 0 aromatic rings. The highest BCUT2D eigenvalue weighted by Crippen LogP contribution is 1.50. The Bertz CT molecular complexity index is 48.4. The molecule has 0 atom stereocenters. The molecule has 0 amide bonds. The second-order valence-corrected chi connectivity index (χ2v) is 1.42. The Morgan fingerprint density at radius 2 is 1.75 bits per heavy atom. The number of ketones is 1. The molecule has 0 saturated heterocycles. The van der Waals surface area contributed by atoms with E-state index in [2.05, 4.69) is 5.32 Å². The summed E-state index contributed by atoms with van der Waals surface area (Å²) in [4.78, 5) is 9.44. The third-order valence-corrected chi connectivity index (χ3v) is 0.158. The second-order valence-electron chi connectivity index (χ2n) is 1.42. The SMILES string of the molecule is CC(C)=O.CNCO. The average Bonchev–Trinajstić information content (AvgIpc) is 1.65. The van der Waals surface area contributed by atoms with Crippen molar-refractivity contribution < 1.29 is 9.90 Å². The summed E-state index contributed by atoms with van der Waals surface area (Å²) in [5, 5.41) is 10.2. The maximum absolute atomic E-state index is 9.44. The fraction of sp³-hybridized carbons (Fsp3) is 0.800. The Labute approximate surface area is 49.7 Å². The minimum Gasteiger partial charge on any atom is -0.381 e. The summed E-state index contributed by atoms with van der Waals surface area (Å²) in [5.41, 5.74) is 0. The van der Waals surface area contributed by atoms with Crippen molar-refractivity contribution in [3.63, 3.8) is 0 Å². The van der Waals surface area contributed by atoms with Crippen molar-refractivity contribution in [2.24, 2.45) is 0 Å². The van der Waals surface area contributed by atoms with Crippen LogP contribution in [0.1, 0.15) is 13.8 Å². The highest BCUT2D eigenvalue weighted by molar-refractivity contribution is 5.72. The molecule has 50 valence electrons. The Morgan fingerprint density at radius 3 is 1.75 bits per heavy atom. The normalized spacial score (nSPS) is 7.00. The minimum atomic E-state index is 0.0694. The molecule has 0 rings (SSSR count). The third kappa shape index (κ3) is 338. The molecule has 0 aliphatic heterocycles. The number of carbonyl (C=O) groups excluding carboxylic acids is 1. The minimum absolute atomic E-state index is 0.0694. The number of nitrogens with one attached hydrogen (secondary N) is 1. The lowest BCUT2D eigenvalue weighted by atomic mass is 10.6. The number of Topliss-reactive ketones (excluding diaryl/α,β-unsaturated/α-hetero) is 1. The number of rotatable bonds is 1. The molecule has 8 heavy (non-hydrogen) atoms. The van der Waals surface area contributed by atoms with Crippen LogP contribution in [0, 0.1) is 0 Å². The molecule has 0 aromatic heterocycles. The largest absolute Gasteiger partial charge is 0.381 e. The van der Waals surface area contributed by atoms with Crippen LogP contribution in [-0.4, -0.2) is 24.7 Å². The van der Waals surface area contributed by atoms with Crippen molar-refractivity contribution in [2.75, 3.05) is 13.8 Å². The van der Waals surface area contributed by atoms with E-state index in [1.807, 2.05) is 0 Å². The number of carbonyl (C=O) groups is 1.